The molecule has 3 heterocycles. The van der Waals surface area contributed by atoms with Gasteiger partial charge in [0.25, 0.3) is 0 Å². The van der Waals surface area contributed by atoms with Crippen LogP contribution in [0.2, 0.25) is 0 Å². The number of nitrogens with one attached hydrogen (secondary N) is 1. The first kappa shape index (κ1) is 32.1. The molecule has 0 aliphatic carbocycles. The minimum absolute atomic E-state index is 0.00112. The van der Waals surface area contributed by atoms with E-state index in [9.17, 15) is 31.1 Å². The van der Waals surface area contributed by atoms with Crippen LogP contribution in [0, 0.1) is 12.7 Å². The number of aromatic nitrogens is 3. The summed E-state index contributed by atoms with van der Waals surface area (Å²) < 4.78 is 81.0. The van der Waals surface area contributed by atoms with Crippen molar-refractivity contribution in [2.75, 3.05) is 32.4 Å². The van der Waals surface area contributed by atoms with Gasteiger partial charge >= 0.3 is 6.18 Å². The third kappa shape index (κ3) is 7.01. The topological polar surface area (TPSA) is 94.5 Å². The van der Waals surface area contributed by atoms with Crippen LogP contribution in [0.25, 0.3) is 22.2 Å². The number of β-amino-alcohol motifs (C(OH)–C–C–N with tert-alkyl or cyclic N) is 1. The van der Waals surface area contributed by atoms with Crippen LogP contribution in [0.4, 0.5) is 17.6 Å². The van der Waals surface area contributed by atoms with Crippen LogP contribution >= 0.6 is 0 Å². The number of benzene rings is 2. The Bertz CT molecular complexity index is 1710. The molecule has 0 radical (unpaired) electrons. The van der Waals surface area contributed by atoms with Gasteiger partial charge in [0.15, 0.2) is 0 Å². The van der Waals surface area contributed by atoms with Crippen molar-refractivity contribution in [1.82, 2.24) is 24.0 Å². The van der Waals surface area contributed by atoms with E-state index in [2.05, 4.69) is 15.0 Å². The van der Waals surface area contributed by atoms with Crippen molar-refractivity contribution < 1.29 is 31.1 Å². The van der Waals surface area contributed by atoms with Crippen molar-refractivity contribution in [3.8, 4) is 11.3 Å². The minimum atomic E-state index is -4.49. The van der Waals surface area contributed by atoms with Gasteiger partial charge in [-0.05, 0) is 74.7 Å². The highest BCUT2D eigenvalue weighted by Crippen LogP contribution is 2.35. The van der Waals surface area contributed by atoms with E-state index in [4.69, 9.17) is 0 Å². The first-order chi connectivity index (χ1) is 20.7. The van der Waals surface area contributed by atoms with Gasteiger partial charge < -0.3 is 15.0 Å². The molecule has 0 amide bonds. The van der Waals surface area contributed by atoms with E-state index >= 15 is 0 Å². The predicted octanol–water partition coefficient (Wildman–Crippen LogP) is 5.52. The number of hydrogen-bond donors (Lipinski definition) is 2. The number of aliphatic hydroxyl groups is 1. The molecule has 5 rings (SSSR count). The molecule has 0 bridgehead atoms. The van der Waals surface area contributed by atoms with Crippen LogP contribution < -0.4 is 0 Å². The molecular weight excluding hydrogens is 598 g/mol. The van der Waals surface area contributed by atoms with Crippen molar-refractivity contribution in [1.29, 1.82) is 0 Å². The second-order valence-corrected chi connectivity index (χ2v) is 13.5. The molecule has 44 heavy (non-hydrogen) atoms. The fourth-order valence-electron chi connectivity index (χ4n) is 6.07. The summed E-state index contributed by atoms with van der Waals surface area (Å²) in [6.45, 7) is 5.72. The summed E-state index contributed by atoms with van der Waals surface area (Å²) in [5.41, 5.74) is 3.22. The number of H-pyrrole nitrogens is 1. The highest BCUT2D eigenvalue weighted by molar-refractivity contribution is 7.88. The number of likely N-dealkylation sites (tertiary alicyclic amines) is 1. The molecule has 2 aromatic heterocycles. The van der Waals surface area contributed by atoms with Crippen LogP contribution in [-0.4, -0.2) is 76.0 Å². The summed E-state index contributed by atoms with van der Waals surface area (Å²) in [6.07, 6.45) is -0.502. The second-order valence-electron chi connectivity index (χ2n) is 11.5. The number of sulfonamides is 1. The second kappa shape index (κ2) is 12.6. The van der Waals surface area contributed by atoms with Crippen LogP contribution in [0.1, 0.15) is 48.1 Å². The van der Waals surface area contributed by atoms with Crippen molar-refractivity contribution in [2.45, 2.75) is 58.0 Å². The average molecular weight is 636 g/mol. The number of piperidine rings is 1. The summed E-state index contributed by atoms with van der Waals surface area (Å²) in [6, 6.07) is 9.36. The van der Waals surface area contributed by atoms with Crippen LogP contribution in [0.15, 0.2) is 48.7 Å². The number of aliphatic hydroxyl groups excluding tert-OH is 1. The molecule has 1 saturated heterocycles. The zero-order valence-electron chi connectivity index (χ0n) is 24.9. The van der Waals surface area contributed by atoms with Crippen molar-refractivity contribution in [2.24, 2.45) is 0 Å². The van der Waals surface area contributed by atoms with Crippen molar-refractivity contribution in [3.63, 3.8) is 0 Å². The number of rotatable bonds is 10. The maximum atomic E-state index is 13.9. The number of nitrogens with zero attached hydrogens (tertiary/aromatic N) is 4. The van der Waals surface area contributed by atoms with Gasteiger partial charge in [-0.3, -0.25) is 4.68 Å². The number of fused-ring (bicyclic) bond motifs is 1. The molecule has 1 unspecified atom stereocenters. The van der Waals surface area contributed by atoms with E-state index in [0.29, 0.717) is 29.1 Å². The molecule has 4 aromatic rings. The summed E-state index contributed by atoms with van der Waals surface area (Å²) in [5.74, 6) is 0.00805. The van der Waals surface area contributed by atoms with E-state index in [-0.39, 0.29) is 31.4 Å². The van der Waals surface area contributed by atoms with Crippen LogP contribution in [-0.2, 0) is 29.3 Å². The lowest BCUT2D eigenvalue weighted by Crippen LogP contribution is -2.40. The lowest BCUT2D eigenvalue weighted by molar-refractivity contribution is -0.137. The monoisotopic (exact) mass is 635 g/mol. The van der Waals surface area contributed by atoms with Crippen LogP contribution in [0.5, 0.6) is 0 Å². The molecule has 1 atom stereocenters. The van der Waals surface area contributed by atoms with Gasteiger partial charge in [-0.2, -0.15) is 22.6 Å². The Kier molecular flexibility index (Phi) is 9.22. The fourth-order valence-corrected chi connectivity index (χ4v) is 6.91. The zero-order valence-corrected chi connectivity index (χ0v) is 25.7. The molecule has 13 heteroatoms. The predicted molar refractivity (Wildman–Crippen MR) is 161 cm³/mol. The van der Waals surface area contributed by atoms with Gasteiger partial charge in [0, 0.05) is 53.6 Å². The third-order valence-corrected chi connectivity index (χ3v) is 9.85. The number of halogens is 4. The van der Waals surface area contributed by atoms with E-state index in [1.54, 1.807) is 30.7 Å². The Hall–Kier alpha value is -3.26. The first-order valence-electron chi connectivity index (χ1n) is 14.6. The van der Waals surface area contributed by atoms with Crippen LogP contribution in [0.3, 0.4) is 0 Å². The maximum Gasteiger partial charge on any atom is 0.416 e. The summed E-state index contributed by atoms with van der Waals surface area (Å²) in [7, 11) is -3.55. The number of aromatic amines is 1. The third-order valence-electron chi connectivity index (χ3n) is 8.53. The average Bonchev–Trinajstić information content (AvgIpc) is 3.51. The Morgan fingerprint density at radius 1 is 1.11 bits per heavy atom. The molecule has 1 fully saturated rings. The van der Waals surface area contributed by atoms with Crippen molar-refractivity contribution >= 4 is 20.9 Å². The lowest BCUT2D eigenvalue weighted by Gasteiger charge is -2.33. The summed E-state index contributed by atoms with van der Waals surface area (Å²) in [4.78, 5) is 5.40. The number of hydrogen-bond acceptors (Lipinski definition) is 5. The molecule has 0 saturated carbocycles. The molecular formula is C31H37F4N5O3S. The Morgan fingerprint density at radius 2 is 1.80 bits per heavy atom. The smallest absolute Gasteiger partial charge is 0.390 e. The molecule has 1 aliphatic rings. The SMILES string of the molecule is CCN(Cc1c(-c2ccc(C(F)(F)F)cc2)nn(CC(O)CN2CCC(c3c[nH]c4ccc(F)cc34)CC2)c1C)S(C)(=O)=O. The van der Waals surface area contributed by atoms with E-state index in [0.717, 1.165) is 60.8 Å². The molecule has 8 nitrogen and oxygen atoms in total. The Morgan fingerprint density at radius 3 is 2.41 bits per heavy atom. The normalized spacial score (nSPS) is 16.3. The zero-order chi connectivity index (χ0) is 31.8. The van der Waals surface area contributed by atoms with Crippen molar-refractivity contribution in [3.05, 3.63) is 76.9 Å². The van der Waals surface area contributed by atoms with E-state index in [1.807, 2.05) is 6.20 Å². The highest BCUT2D eigenvalue weighted by Gasteiger charge is 2.31. The van der Waals surface area contributed by atoms with Gasteiger partial charge in [0.1, 0.15) is 5.82 Å². The maximum absolute atomic E-state index is 13.9. The first-order valence-corrected chi connectivity index (χ1v) is 16.5. The molecule has 1 aliphatic heterocycles. The van der Waals surface area contributed by atoms with Gasteiger partial charge in [0.05, 0.1) is 30.2 Å². The lowest BCUT2D eigenvalue weighted by atomic mass is 9.89. The minimum Gasteiger partial charge on any atom is -0.390 e. The molecule has 0 spiro atoms. The highest BCUT2D eigenvalue weighted by atomic mass is 32.2. The van der Waals surface area contributed by atoms with Gasteiger partial charge in [-0.1, -0.05) is 19.1 Å². The molecule has 238 valence electrons. The van der Waals surface area contributed by atoms with E-state index in [1.165, 1.54) is 22.5 Å². The molecule has 2 N–H and O–H groups in total. The largest absolute Gasteiger partial charge is 0.416 e. The quantitative estimate of drug-likeness (QED) is 0.224. The van der Waals surface area contributed by atoms with Gasteiger partial charge in [-0.25, -0.2) is 12.8 Å². The summed E-state index contributed by atoms with van der Waals surface area (Å²) in [5, 5.41) is 16.6. The Labute approximate surface area is 254 Å². The van der Waals surface area contributed by atoms with E-state index < -0.39 is 27.9 Å². The summed E-state index contributed by atoms with van der Waals surface area (Å²) >= 11 is 0. The van der Waals surface area contributed by atoms with Gasteiger partial charge in [-0.15, -0.1) is 0 Å². The van der Waals surface area contributed by atoms with Gasteiger partial charge in [0.2, 0.25) is 10.0 Å². The fraction of sp³-hybridized carbons (Fsp3) is 0.452. The number of alkyl halides is 3. The standard InChI is InChI=1S/C31H37F4N5O3S/c1-4-39(44(3,42)43)19-28-20(2)40(37-30(28)22-5-7-23(8-6-22)31(33,34)35)18-25(41)17-38-13-11-21(12-14-38)27-16-36-29-10-9-24(32)15-26(27)29/h5-10,15-16,21,25,36,41H,4,11-14,17-19H2,1-3H3. The molecule has 2 aromatic carbocycles. The Balaban J connectivity index is 1.31.